The van der Waals surface area contributed by atoms with Gasteiger partial charge in [0.15, 0.2) is 0 Å². The molecule has 0 bridgehead atoms. The Morgan fingerprint density at radius 2 is 0.270 bits per heavy atom. The number of hydrogen-bond donors (Lipinski definition) is 0. The van der Waals surface area contributed by atoms with Gasteiger partial charge < -0.3 is 28.4 Å². The molecule has 0 aliphatic heterocycles. The van der Waals surface area contributed by atoms with Crippen LogP contribution in [0.2, 0.25) is 0 Å². The normalized spacial score (nSPS) is 11.2. The average molecular weight is 1610 g/mol. The van der Waals surface area contributed by atoms with Crippen LogP contribution in [0.1, 0.15) is 0 Å². The van der Waals surface area contributed by atoms with Crippen molar-refractivity contribution in [2.75, 3.05) is 19.6 Å². The molecule has 596 valence electrons. The predicted octanol–water partition coefficient (Wildman–Crippen LogP) is 34.4. The van der Waals surface area contributed by atoms with E-state index in [1.165, 1.54) is 44.5 Å². The lowest BCUT2D eigenvalue weighted by Crippen LogP contribution is -2.10. The Bertz CT molecular complexity index is 6990. The Morgan fingerprint density at radius 3 is 0.492 bits per heavy atom. The van der Waals surface area contributed by atoms with Gasteiger partial charge >= 0.3 is 0 Å². The fourth-order valence-corrected chi connectivity index (χ4v) is 17.4. The van der Waals surface area contributed by atoms with Gasteiger partial charge in [-0.15, -0.1) is 0 Å². The zero-order chi connectivity index (χ0) is 83.9. The molecule has 6 heteroatoms. The quantitative estimate of drug-likeness (QED) is 0.0757. The molecule has 0 aliphatic carbocycles. The highest BCUT2D eigenvalue weighted by Gasteiger charge is 2.22. The van der Waals surface area contributed by atoms with E-state index in [-0.39, 0.29) is 0 Å². The Morgan fingerprint density at radius 1 is 0.111 bits per heavy atom. The van der Waals surface area contributed by atoms with E-state index in [4.69, 9.17) is 8.83 Å². The number of nitrogens with zero attached hydrogens (tertiary/aromatic N) is 4. The molecule has 6 nitrogen and oxygen atoms in total. The molecule has 0 saturated heterocycles. The number of hydrogen-bond acceptors (Lipinski definition) is 6. The molecular weight excluding hydrogens is 1530 g/mol. The van der Waals surface area contributed by atoms with Crippen molar-refractivity contribution in [2.45, 2.75) is 0 Å². The second kappa shape index (κ2) is 34.7. The highest BCUT2D eigenvalue weighted by atomic mass is 16.3. The summed E-state index contributed by atoms with van der Waals surface area (Å²) in [5, 5.41) is 4.53. The third-order valence-electron chi connectivity index (χ3n) is 23.8. The maximum absolute atomic E-state index is 6.38. The Balaban J connectivity index is 0.000000154. The van der Waals surface area contributed by atoms with Crippen LogP contribution >= 0.6 is 0 Å². The topological polar surface area (TPSA) is 39.2 Å². The molecule has 22 rings (SSSR count). The number of benzene rings is 20. The number of para-hydroxylation sites is 8. The molecule has 0 saturated carbocycles. The minimum absolute atomic E-state index is 0.904. The average Bonchev–Trinajstić information content (AvgIpc) is 1.61. The molecule has 20 aromatic carbocycles. The van der Waals surface area contributed by atoms with E-state index in [0.717, 1.165) is 157 Å². The summed E-state index contributed by atoms with van der Waals surface area (Å²) in [4.78, 5) is 9.24. The molecule has 2 heterocycles. The first-order chi connectivity index (χ1) is 62.5. The van der Waals surface area contributed by atoms with Gasteiger partial charge in [0.2, 0.25) is 0 Å². The fourth-order valence-electron chi connectivity index (χ4n) is 17.4. The highest BCUT2D eigenvalue weighted by molar-refractivity contribution is 6.11. The van der Waals surface area contributed by atoms with E-state index in [0.29, 0.717) is 0 Å². The minimum Gasteiger partial charge on any atom is -0.455 e. The van der Waals surface area contributed by atoms with Crippen LogP contribution in [-0.4, -0.2) is 0 Å². The van der Waals surface area contributed by atoms with Crippen LogP contribution in [-0.2, 0) is 0 Å². The molecule has 0 N–H and O–H groups in total. The number of anilines is 12. The molecule has 0 atom stereocenters. The molecule has 0 amide bonds. The van der Waals surface area contributed by atoms with Crippen LogP contribution in [0.15, 0.2) is 518 Å². The highest BCUT2D eigenvalue weighted by Crippen LogP contribution is 2.46. The molecule has 0 radical (unpaired) electrons. The summed E-state index contributed by atoms with van der Waals surface area (Å²) in [6, 6.07) is 181. The molecule has 0 unspecified atom stereocenters. The maximum Gasteiger partial charge on any atom is 0.143 e. The van der Waals surface area contributed by atoms with Crippen LogP contribution in [0, 0.1) is 0 Å². The number of fused-ring (bicyclic) bond motifs is 6. The lowest BCUT2D eigenvalue weighted by molar-refractivity contribution is 0.669. The lowest BCUT2D eigenvalue weighted by atomic mass is 10.00. The van der Waals surface area contributed by atoms with E-state index in [9.17, 15) is 0 Å². The van der Waals surface area contributed by atoms with E-state index in [1.807, 2.05) is 24.3 Å². The molecular formula is C120H84N4O2. The van der Waals surface area contributed by atoms with Crippen molar-refractivity contribution in [2.24, 2.45) is 0 Å². The standard InChI is InChI=1S/C60H40N2O2.C60H44N2/c1-3-13-45(14-4-1)61(49-37-29-43(30-38-49)51-19-11-21-55-53-17-7-9-23-57(53)63-59(51)55)47-33-25-41(26-34-47)42-27-35-48(36-28-42)62(46-15-5-2-6-16-46)50-39-31-44(32-40-50)52-20-12-22-56-54-18-8-10-24-58(54)64-60(52)56;1-5-13-45(14-6-1)47-21-25-49(26-22-47)51-29-37-57(38-30-51)61(55-17-9-3-10-18-55)59-41-33-53(34-42-59)54-35-43-60(44-36-54)62(56-19-11-4-12-20-56)58-39-31-52(32-40-58)50-27-23-48(24-28-50)46-15-7-2-8-16-46/h1-40H;1-44H. The summed E-state index contributed by atoms with van der Waals surface area (Å²) < 4.78 is 12.8. The van der Waals surface area contributed by atoms with Gasteiger partial charge in [-0.25, -0.2) is 0 Å². The Hall–Kier alpha value is -16.8. The van der Waals surface area contributed by atoms with Crippen molar-refractivity contribution in [1.82, 2.24) is 0 Å². The summed E-state index contributed by atoms with van der Waals surface area (Å²) in [5.74, 6) is 0. The van der Waals surface area contributed by atoms with Crippen LogP contribution in [0.5, 0.6) is 0 Å². The second-order valence-corrected chi connectivity index (χ2v) is 31.5. The van der Waals surface area contributed by atoms with Crippen LogP contribution < -0.4 is 19.6 Å². The van der Waals surface area contributed by atoms with E-state index < -0.39 is 0 Å². The monoisotopic (exact) mass is 1610 g/mol. The van der Waals surface area contributed by atoms with Gasteiger partial charge in [0, 0.05) is 101 Å². The first-order valence-electron chi connectivity index (χ1n) is 42.8. The Labute approximate surface area is 734 Å². The SMILES string of the molecule is c1ccc(-c2ccc(-c3ccc(N(c4ccccc4)c4ccc(-c5ccc(N(c6ccccc6)c6ccc(-c7ccc(-c8ccccc8)cc7)cc6)cc5)cc4)cc3)cc2)cc1.c1ccc(N(c2ccc(-c3ccc(N(c4ccccc4)c4ccc(-c5cccc6c5oc5ccccc56)cc4)cc3)cc2)c2ccc(-c3cccc4c3oc3ccccc34)cc2)cc1. The molecule has 22 aromatic rings. The van der Waals surface area contributed by atoms with Crippen LogP contribution in [0.4, 0.5) is 68.2 Å². The predicted molar refractivity (Wildman–Crippen MR) is 530 cm³/mol. The van der Waals surface area contributed by atoms with Crippen molar-refractivity contribution in [1.29, 1.82) is 0 Å². The van der Waals surface area contributed by atoms with Gasteiger partial charge in [-0.3, -0.25) is 0 Å². The van der Waals surface area contributed by atoms with Crippen LogP contribution in [0.25, 0.3) is 133 Å². The van der Waals surface area contributed by atoms with Gasteiger partial charge in [-0.2, -0.15) is 0 Å². The van der Waals surface area contributed by atoms with Gasteiger partial charge in [-0.1, -0.05) is 352 Å². The van der Waals surface area contributed by atoms with Gasteiger partial charge in [0.25, 0.3) is 0 Å². The van der Waals surface area contributed by atoms with Gasteiger partial charge in [0.1, 0.15) is 22.3 Å². The zero-order valence-electron chi connectivity index (χ0n) is 69.1. The van der Waals surface area contributed by atoms with Crippen molar-refractivity contribution < 1.29 is 8.83 Å². The van der Waals surface area contributed by atoms with Crippen LogP contribution in [0.3, 0.4) is 0 Å². The smallest absolute Gasteiger partial charge is 0.143 e. The Kier molecular flexibility index (Phi) is 21.1. The summed E-state index contributed by atoms with van der Waals surface area (Å²) >= 11 is 0. The second-order valence-electron chi connectivity index (χ2n) is 31.5. The first-order valence-corrected chi connectivity index (χ1v) is 42.8. The summed E-state index contributed by atoms with van der Waals surface area (Å²) in [6.45, 7) is 0. The minimum atomic E-state index is 0.904. The summed E-state index contributed by atoms with van der Waals surface area (Å²) in [7, 11) is 0. The summed E-state index contributed by atoms with van der Waals surface area (Å²) in [5.41, 5.74) is 35.4. The third-order valence-corrected chi connectivity index (χ3v) is 23.8. The molecule has 0 spiro atoms. The van der Waals surface area contributed by atoms with Gasteiger partial charge in [-0.05, 0) is 236 Å². The largest absolute Gasteiger partial charge is 0.455 e. The van der Waals surface area contributed by atoms with Crippen molar-refractivity contribution >= 4 is 112 Å². The molecule has 0 fully saturated rings. The molecule has 0 aliphatic rings. The van der Waals surface area contributed by atoms with Crippen molar-refractivity contribution in [3.05, 3.63) is 510 Å². The number of rotatable bonds is 20. The van der Waals surface area contributed by atoms with Gasteiger partial charge in [0.05, 0.1) is 0 Å². The maximum atomic E-state index is 6.38. The zero-order valence-corrected chi connectivity index (χ0v) is 69.1. The third kappa shape index (κ3) is 15.7. The molecule has 126 heavy (non-hydrogen) atoms. The first kappa shape index (κ1) is 76.6. The van der Waals surface area contributed by atoms with E-state index >= 15 is 0 Å². The lowest BCUT2D eigenvalue weighted by Gasteiger charge is -2.26. The molecule has 2 aromatic heterocycles. The van der Waals surface area contributed by atoms with Crippen molar-refractivity contribution in [3.63, 3.8) is 0 Å². The van der Waals surface area contributed by atoms with E-state index in [2.05, 4.69) is 505 Å². The summed E-state index contributed by atoms with van der Waals surface area (Å²) in [6.07, 6.45) is 0. The fraction of sp³-hybridized carbons (Fsp3) is 0. The van der Waals surface area contributed by atoms with E-state index in [1.54, 1.807) is 0 Å². The number of furan rings is 2. The van der Waals surface area contributed by atoms with Crippen molar-refractivity contribution in [3.8, 4) is 89.0 Å².